The van der Waals surface area contributed by atoms with Gasteiger partial charge in [-0.1, -0.05) is 0 Å². The van der Waals surface area contributed by atoms with Crippen LogP contribution < -0.4 is 5.32 Å². The van der Waals surface area contributed by atoms with E-state index < -0.39 is 0 Å². The van der Waals surface area contributed by atoms with Gasteiger partial charge < -0.3 is 10.2 Å². The second kappa shape index (κ2) is 6.00. The summed E-state index contributed by atoms with van der Waals surface area (Å²) in [4.78, 5) is 23.4. The molecule has 0 radical (unpaired) electrons. The number of amides is 2. The summed E-state index contributed by atoms with van der Waals surface area (Å²) in [5.41, 5.74) is 0. The van der Waals surface area contributed by atoms with Gasteiger partial charge in [0.25, 0.3) is 0 Å². The molecular formula is C8H13N3O2. The van der Waals surface area contributed by atoms with E-state index in [9.17, 15) is 9.59 Å². The largest absolute Gasteiger partial charge is 0.358 e. The first-order valence-electron chi connectivity index (χ1n) is 4.01. The Morgan fingerprint density at radius 1 is 1.54 bits per heavy atom. The fourth-order valence-electron chi connectivity index (χ4n) is 0.808. The summed E-state index contributed by atoms with van der Waals surface area (Å²) in [7, 11) is 1.50. The predicted octanol–water partition coefficient (Wildman–Crippen LogP) is -0.505. The van der Waals surface area contributed by atoms with E-state index in [2.05, 4.69) is 5.32 Å². The molecule has 72 valence electrons. The van der Waals surface area contributed by atoms with E-state index in [1.165, 1.54) is 11.9 Å². The quantitative estimate of drug-likeness (QED) is 0.638. The smallest absolute Gasteiger partial charge is 0.239 e. The molecule has 0 aromatic rings. The lowest BCUT2D eigenvalue weighted by Gasteiger charge is -2.17. The minimum Gasteiger partial charge on any atom is -0.358 e. The average Bonchev–Trinajstić information content (AvgIpc) is 2.14. The van der Waals surface area contributed by atoms with Gasteiger partial charge in [0.05, 0.1) is 12.6 Å². The zero-order valence-electron chi connectivity index (χ0n) is 7.83. The van der Waals surface area contributed by atoms with Crippen LogP contribution in [-0.4, -0.2) is 36.9 Å². The van der Waals surface area contributed by atoms with Crippen molar-refractivity contribution < 1.29 is 9.59 Å². The molecule has 0 rings (SSSR count). The number of hydrogen-bond acceptors (Lipinski definition) is 3. The molecule has 2 amide bonds. The molecular weight excluding hydrogens is 170 g/mol. The summed E-state index contributed by atoms with van der Waals surface area (Å²) in [5, 5.41) is 10.7. The molecule has 0 saturated carbocycles. The maximum absolute atomic E-state index is 11.1. The van der Waals surface area contributed by atoms with Crippen molar-refractivity contribution in [1.82, 2.24) is 10.2 Å². The van der Waals surface area contributed by atoms with Crippen LogP contribution in [0.2, 0.25) is 0 Å². The molecule has 5 nitrogen and oxygen atoms in total. The van der Waals surface area contributed by atoms with Gasteiger partial charge in [0.2, 0.25) is 11.8 Å². The fraction of sp³-hybridized carbons (Fsp3) is 0.625. The number of nitriles is 1. The molecule has 5 heteroatoms. The molecule has 0 unspecified atom stereocenters. The van der Waals surface area contributed by atoms with Crippen molar-refractivity contribution in [3.63, 3.8) is 0 Å². The van der Waals surface area contributed by atoms with Crippen molar-refractivity contribution in [3.05, 3.63) is 0 Å². The van der Waals surface area contributed by atoms with E-state index >= 15 is 0 Å². The van der Waals surface area contributed by atoms with Gasteiger partial charge in [-0.3, -0.25) is 9.59 Å². The van der Waals surface area contributed by atoms with Gasteiger partial charge in [0.15, 0.2) is 0 Å². The summed E-state index contributed by atoms with van der Waals surface area (Å²) < 4.78 is 0. The van der Waals surface area contributed by atoms with E-state index in [0.717, 1.165) is 0 Å². The molecule has 0 aliphatic heterocycles. The summed E-state index contributed by atoms with van der Waals surface area (Å²) in [5.74, 6) is -0.540. The zero-order chi connectivity index (χ0) is 10.3. The number of carbonyl (C=O) groups is 2. The highest BCUT2D eigenvalue weighted by atomic mass is 16.2. The number of nitrogens with zero attached hydrogens (tertiary/aromatic N) is 2. The molecule has 0 atom stereocenters. The number of likely N-dealkylation sites (N-methyl/N-ethyl adjacent to an activating group) is 2. The van der Waals surface area contributed by atoms with Crippen LogP contribution in [0.5, 0.6) is 0 Å². The topological polar surface area (TPSA) is 73.2 Å². The first-order chi connectivity index (χ1) is 6.15. The molecule has 0 bridgehead atoms. The molecule has 0 aromatic carbocycles. The number of nitrogens with one attached hydrogen (secondary N) is 1. The van der Waals surface area contributed by atoms with Crippen LogP contribution in [0, 0.1) is 11.3 Å². The molecule has 0 aliphatic carbocycles. The van der Waals surface area contributed by atoms with Gasteiger partial charge in [-0.15, -0.1) is 0 Å². The van der Waals surface area contributed by atoms with Crippen LogP contribution >= 0.6 is 0 Å². The Labute approximate surface area is 77.3 Å². The SMILES string of the molecule is CCN(CC(=O)NC)C(=O)CC#N. The van der Waals surface area contributed by atoms with E-state index in [1.807, 2.05) is 0 Å². The van der Waals surface area contributed by atoms with Crippen LogP contribution in [-0.2, 0) is 9.59 Å². The predicted molar refractivity (Wildman–Crippen MR) is 46.6 cm³/mol. The second-order valence-electron chi connectivity index (χ2n) is 2.42. The third-order valence-corrected chi connectivity index (χ3v) is 1.58. The third kappa shape index (κ3) is 4.11. The molecule has 0 fully saturated rings. The van der Waals surface area contributed by atoms with Crippen molar-refractivity contribution >= 4 is 11.8 Å². The number of hydrogen-bond donors (Lipinski definition) is 1. The summed E-state index contributed by atoms with van der Waals surface area (Å²) in [6.07, 6.45) is -0.176. The highest BCUT2D eigenvalue weighted by Crippen LogP contribution is 1.92. The van der Waals surface area contributed by atoms with Crippen LogP contribution in [0.25, 0.3) is 0 Å². The Morgan fingerprint density at radius 2 is 2.15 bits per heavy atom. The van der Waals surface area contributed by atoms with Crippen LogP contribution in [0.15, 0.2) is 0 Å². The highest BCUT2D eigenvalue weighted by molar-refractivity contribution is 5.85. The van der Waals surface area contributed by atoms with Crippen molar-refractivity contribution in [2.45, 2.75) is 13.3 Å². The van der Waals surface area contributed by atoms with Crippen molar-refractivity contribution in [1.29, 1.82) is 5.26 Å². The van der Waals surface area contributed by atoms with Gasteiger partial charge in [-0.05, 0) is 6.92 Å². The number of rotatable bonds is 4. The molecule has 13 heavy (non-hydrogen) atoms. The van der Waals surface area contributed by atoms with E-state index in [0.29, 0.717) is 6.54 Å². The number of carbonyl (C=O) groups excluding carboxylic acids is 2. The Kier molecular flexibility index (Phi) is 5.28. The lowest BCUT2D eigenvalue weighted by atomic mass is 10.3. The summed E-state index contributed by atoms with van der Waals surface area (Å²) in [6.45, 7) is 2.22. The third-order valence-electron chi connectivity index (χ3n) is 1.58. The zero-order valence-corrected chi connectivity index (χ0v) is 7.83. The Hall–Kier alpha value is -1.57. The molecule has 0 heterocycles. The average molecular weight is 183 g/mol. The fourth-order valence-corrected chi connectivity index (χ4v) is 0.808. The van der Waals surface area contributed by atoms with Gasteiger partial charge in [-0.25, -0.2) is 0 Å². The molecule has 0 spiro atoms. The van der Waals surface area contributed by atoms with Gasteiger partial charge in [0, 0.05) is 13.6 Å². The van der Waals surface area contributed by atoms with E-state index in [1.54, 1.807) is 13.0 Å². The van der Waals surface area contributed by atoms with Crippen LogP contribution in [0.3, 0.4) is 0 Å². The first-order valence-corrected chi connectivity index (χ1v) is 4.01. The lowest BCUT2D eigenvalue weighted by Crippen LogP contribution is -2.39. The summed E-state index contributed by atoms with van der Waals surface area (Å²) in [6, 6.07) is 1.75. The monoisotopic (exact) mass is 183 g/mol. The maximum atomic E-state index is 11.1. The van der Waals surface area contributed by atoms with Crippen molar-refractivity contribution in [2.24, 2.45) is 0 Å². The first kappa shape index (κ1) is 11.4. The molecule has 0 aliphatic rings. The molecule has 1 N–H and O–H groups in total. The van der Waals surface area contributed by atoms with Gasteiger partial charge >= 0.3 is 0 Å². The Morgan fingerprint density at radius 3 is 2.54 bits per heavy atom. The van der Waals surface area contributed by atoms with Crippen LogP contribution in [0.1, 0.15) is 13.3 Å². The molecule has 0 aromatic heterocycles. The minimum atomic E-state index is -0.311. The molecule has 0 saturated heterocycles. The van der Waals surface area contributed by atoms with Crippen molar-refractivity contribution in [3.8, 4) is 6.07 Å². The van der Waals surface area contributed by atoms with Crippen molar-refractivity contribution in [2.75, 3.05) is 20.1 Å². The minimum absolute atomic E-state index is 0.0213. The Bertz CT molecular complexity index is 232. The lowest BCUT2D eigenvalue weighted by molar-refractivity contribution is -0.134. The standard InChI is InChI=1S/C8H13N3O2/c1-3-11(6-7(12)10-2)8(13)4-5-9/h3-4,6H2,1-2H3,(H,10,12). The maximum Gasteiger partial charge on any atom is 0.239 e. The van der Waals surface area contributed by atoms with E-state index in [-0.39, 0.29) is 24.8 Å². The normalized spacial score (nSPS) is 8.69. The second-order valence-corrected chi connectivity index (χ2v) is 2.42. The summed E-state index contributed by atoms with van der Waals surface area (Å²) >= 11 is 0. The van der Waals surface area contributed by atoms with E-state index in [4.69, 9.17) is 5.26 Å². The highest BCUT2D eigenvalue weighted by Gasteiger charge is 2.13. The Balaban J connectivity index is 4.11. The van der Waals surface area contributed by atoms with Crippen LogP contribution in [0.4, 0.5) is 0 Å². The van der Waals surface area contributed by atoms with Gasteiger partial charge in [-0.2, -0.15) is 5.26 Å². The van der Waals surface area contributed by atoms with Gasteiger partial charge in [0.1, 0.15) is 6.42 Å².